The number of amides is 1. The molecule has 1 aromatic carbocycles. The van der Waals surface area contributed by atoms with Gasteiger partial charge in [-0.1, -0.05) is 26.0 Å². The van der Waals surface area contributed by atoms with Gasteiger partial charge >= 0.3 is 0 Å². The van der Waals surface area contributed by atoms with Crippen molar-refractivity contribution in [1.82, 2.24) is 19.4 Å². The molecule has 176 valence electrons. The maximum absolute atomic E-state index is 13.4. The Hall–Kier alpha value is -2.59. The summed E-state index contributed by atoms with van der Waals surface area (Å²) in [6.45, 7) is 10.9. The number of nitrogens with one attached hydrogen (secondary N) is 1. The van der Waals surface area contributed by atoms with Gasteiger partial charge in [-0.3, -0.25) is 9.48 Å². The van der Waals surface area contributed by atoms with Crippen LogP contribution in [-0.4, -0.2) is 67.7 Å². The van der Waals surface area contributed by atoms with Crippen molar-refractivity contribution in [3.05, 3.63) is 36.0 Å². The number of rotatable bonds is 9. The number of para-hydroxylation sites is 2. The van der Waals surface area contributed by atoms with Crippen molar-refractivity contribution in [2.24, 2.45) is 5.92 Å². The summed E-state index contributed by atoms with van der Waals surface area (Å²) in [5.41, 5.74) is 1.05. The van der Waals surface area contributed by atoms with Crippen molar-refractivity contribution < 1.29 is 17.9 Å². The van der Waals surface area contributed by atoms with Crippen LogP contribution in [0.4, 0.5) is 5.69 Å². The van der Waals surface area contributed by atoms with E-state index in [1.54, 1.807) is 0 Å². The van der Waals surface area contributed by atoms with Crippen LogP contribution in [0, 0.1) is 5.92 Å². The van der Waals surface area contributed by atoms with Crippen LogP contribution in [0.5, 0.6) is 5.75 Å². The molecule has 1 fully saturated rings. The summed E-state index contributed by atoms with van der Waals surface area (Å²) in [6, 6.07) is 7.77. The van der Waals surface area contributed by atoms with E-state index in [-0.39, 0.29) is 16.5 Å². The number of hydrogen-bond acceptors (Lipinski definition) is 6. The van der Waals surface area contributed by atoms with Crippen LogP contribution in [-0.2, 0) is 16.6 Å². The van der Waals surface area contributed by atoms with Gasteiger partial charge in [-0.15, -0.1) is 0 Å². The third-order valence-electron chi connectivity index (χ3n) is 5.30. The number of aryl methyl sites for hydroxylation is 1. The summed E-state index contributed by atoms with van der Waals surface area (Å²) >= 11 is 0. The lowest BCUT2D eigenvalue weighted by Gasteiger charge is -2.35. The minimum atomic E-state index is -3.91. The Bertz CT molecular complexity index is 1030. The van der Waals surface area contributed by atoms with E-state index < -0.39 is 15.9 Å². The molecule has 10 heteroatoms. The van der Waals surface area contributed by atoms with Crippen molar-refractivity contribution in [1.29, 1.82) is 0 Å². The van der Waals surface area contributed by atoms with Crippen LogP contribution in [0.15, 0.2) is 35.5 Å². The largest absolute Gasteiger partial charge is 0.492 e. The van der Waals surface area contributed by atoms with Crippen LogP contribution < -0.4 is 15.0 Å². The first kappa shape index (κ1) is 24.1. The molecule has 1 amide bonds. The quantitative estimate of drug-likeness (QED) is 0.612. The molecule has 1 aromatic heterocycles. The summed E-state index contributed by atoms with van der Waals surface area (Å²) in [7, 11) is -3.91. The number of sulfonamides is 1. The number of carbonyl (C=O) groups is 1. The van der Waals surface area contributed by atoms with E-state index in [0.29, 0.717) is 45.9 Å². The Labute approximate surface area is 190 Å². The lowest BCUT2D eigenvalue weighted by molar-refractivity contribution is 0.0945. The van der Waals surface area contributed by atoms with Crippen molar-refractivity contribution in [2.75, 3.05) is 44.2 Å². The summed E-state index contributed by atoms with van der Waals surface area (Å²) in [6.07, 6.45) is 1.51. The maximum Gasteiger partial charge on any atom is 0.263 e. The first-order chi connectivity index (χ1) is 15.3. The Morgan fingerprint density at radius 2 is 1.84 bits per heavy atom. The van der Waals surface area contributed by atoms with Gasteiger partial charge in [0.15, 0.2) is 0 Å². The second-order valence-electron chi connectivity index (χ2n) is 8.10. The van der Waals surface area contributed by atoms with E-state index >= 15 is 0 Å². The maximum atomic E-state index is 13.4. The van der Waals surface area contributed by atoms with E-state index in [9.17, 15) is 13.2 Å². The highest BCUT2D eigenvalue weighted by molar-refractivity contribution is 7.89. The molecule has 0 aliphatic carbocycles. The molecule has 0 bridgehead atoms. The molecule has 2 heterocycles. The molecular formula is C22H33N5O4S. The van der Waals surface area contributed by atoms with E-state index in [2.05, 4.69) is 15.3 Å². The van der Waals surface area contributed by atoms with E-state index in [1.165, 1.54) is 15.2 Å². The van der Waals surface area contributed by atoms with Crippen LogP contribution in [0.25, 0.3) is 0 Å². The fourth-order valence-corrected chi connectivity index (χ4v) is 5.11. The number of carbonyl (C=O) groups excluding carboxylic acids is 1. The monoisotopic (exact) mass is 463 g/mol. The van der Waals surface area contributed by atoms with Crippen LogP contribution in [0.2, 0.25) is 0 Å². The molecular weight excluding hydrogens is 430 g/mol. The minimum Gasteiger partial charge on any atom is -0.492 e. The average molecular weight is 464 g/mol. The second-order valence-corrected chi connectivity index (χ2v) is 9.95. The van der Waals surface area contributed by atoms with Crippen LogP contribution in [0.1, 0.15) is 38.1 Å². The molecule has 0 atom stereocenters. The number of ether oxygens (including phenoxy) is 1. The first-order valence-electron chi connectivity index (χ1n) is 11.1. The standard InChI is InChI=1S/C22H33N5O4S/c1-5-26-16-18(21(28)23-15-17(3)4)22(24-26)32(29,30)27-13-11-25(12-14-27)19-9-7-8-10-20(19)31-6-2/h7-10,16-17H,5-6,11-15H2,1-4H3,(H,23,28). The lowest BCUT2D eigenvalue weighted by Crippen LogP contribution is -2.49. The molecule has 0 saturated carbocycles. The molecule has 1 aliphatic heterocycles. The number of nitrogens with zero attached hydrogens (tertiary/aromatic N) is 4. The van der Waals surface area contributed by atoms with Crippen molar-refractivity contribution >= 4 is 21.6 Å². The zero-order valence-corrected chi connectivity index (χ0v) is 20.1. The highest BCUT2D eigenvalue weighted by Gasteiger charge is 2.35. The third-order valence-corrected chi connectivity index (χ3v) is 7.13. The minimum absolute atomic E-state index is 0.0941. The second kappa shape index (κ2) is 10.4. The number of hydrogen-bond donors (Lipinski definition) is 1. The zero-order chi connectivity index (χ0) is 23.3. The Balaban J connectivity index is 1.79. The predicted octanol–water partition coefficient (Wildman–Crippen LogP) is 2.20. The lowest BCUT2D eigenvalue weighted by atomic mass is 10.2. The number of piperazine rings is 1. The fourth-order valence-electron chi connectivity index (χ4n) is 3.59. The third kappa shape index (κ3) is 5.24. The van der Waals surface area contributed by atoms with Crippen LogP contribution >= 0.6 is 0 Å². The summed E-state index contributed by atoms with van der Waals surface area (Å²) in [5, 5.41) is 6.86. The normalized spacial score (nSPS) is 15.2. The van der Waals surface area contributed by atoms with Crippen molar-refractivity contribution in [3.8, 4) is 5.75 Å². The molecule has 9 nitrogen and oxygen atoms in total. The molecule has 0 radical (unpaired) electrons. The summed E-state index contributed by atoms with van der Waals surface area (Å²) < 4.78 is 35.5. The smallest absolute Gasteiger partial charge is 0.263 e. The van der Waals surface area contributed by atoms with E-state index in [1.807, 2.05) is 52.0 Å². The first-order valence-corrected chi connectivity index (χ1v) is 12.5. The van der Waals surface area contributed by atoms with Gasteiger partial charge in [0.25, 0.3) is 15.9 Å². The van der Waals surface area contributed by atoms with Gasteiger partial charge in [-0.2, -0.15) is 9.40 Å². The highest BCUT2D eigenvalue weighted by Crippen LogP contribution is 2.30. The van der Waals surface area contributed by atoms with Gasteiger partial charge in [0, 0.05) is 45.5 Å². The molecule has 0 unspecified atom stereocenters. The Morgan fingerprint density at radius 1 is 1.16 bits per heavy atom. The van der Waals surface area contributed by atoms with E-state index in [4.69, 9.17) is 4.74 Å². The van der Waals surface area contributed by atoms with Crippen molar-refractivity contribution in [3.63, 3.8) is 0 Å². The predicted molar refractivity (Wildman–Crippen MR) is 124 cm³/mol. The summed E-state index contributed by atoms with van der Waals surface area (Å²) in [4.78, 5) is 14.8. The van der Waals surface area contributed by atoms with Gasteiger partial charge in [0.2, 0.25) is 5.03 Å². The number of aromatic nitrogens is 2. The van der Waals surface area contributed by atoms with Gasteiger partial charge < -0.3 is 15.0 Å². The van der Waals surface area contributed by atoms with E-state index in [0.717, 1.165) is 11.4 Å². The molecule has 3 rings (SSSR count). The highest BCUT2D eigenvalue weighted by atomic mass is 32.2. The SMILES string of the molecule is CCOc1ccccc1N1CCN(S(=O)(=O)c2nn(CC)cc2C(=O)NCC(C)C)CC1. The molecule has 32 heavy (non-hydrogen) atoms. The molecule has 1 saturated heterocycles. The molecule has 0 spiro atoms. The fraction of sp³-hybridized carbons (Fsp3) is 0.545. The molecule has 1 N–H and O–H groups in total. The van der Waals surface area contributed by atoms with Crippen LogP contribution in [0.3, 0.4) is 0 Å². The molecule has 1 aliphatic rings. The summed E-state index contributed by atoms with van der Waals surface area (Å²) in [5.74, 6) is 0.631. The average Bonchev–Trinajstić information content (AvgIpc) is 3.24. The van der Waals surface area contributed by atoms with Gasteiger partial charge in [0.1, 0.15) is 5.75 Å². The van der Waals surface area contributed by atoms with Gasteiger partial charge in [-0.05, 0) is 31.9 Å². The number of benzene rings is 1. The topological polar surface area (TPSA) is 96.8 Å². The Morgan fingerprint density at radius 3 is 2.47 bits per heavy atom. The van der Waals surface area contributed by atoms with Crippen molar-refractivity contribution in [2.45, 2.75) is 39.3 Å². The Kier molecular flexibility index (Phi) is 7.78. The van der Waals surface area contributed by atoms with Gasteiger partial charge in [-0.25, -0.2) is 8.42 Å². The zero-order valence-electron chi connectivity index (χ0n) is 19.2. The molecule has 2 aromatic rings. The van der Waals surface area contributed by atoms with Gasteiger partial charge in [0.05, 0.1) is 17.9 Å². The number of anilines is 1.